The topological polar surface area (TPSA) is 93.3 Å². The molecule has 0 saturated heterocycles. The smallest absolute Gasteiger partial charge is 0.284 e. The van der Waals surface area contributed by atoms with Gasteiger partial charge in [-0.15, -0.1) is 0 Å². The molecule has 0 radical (unpaired) electrons. The van der Waals surface area contributed by atoms with Gasteiger partial charge in [-0.25, -0.2) is 9.50 Å². The number of hydrogen-bond donors (Lipinski definition) is 1. The van der Waals surface area contributed by atoms with Crippen LogP contribution in [0.25, 0.3) is 28.0 Å². The van der Waals surface area contributed by atoms with E-state index in [4.69, 9.17) is 0 Å². The molecule has 0 atom stereocenters. The molecule has 146 valence electrons. The predicted molar refractivity (Wildman–Crippen MR) is 98.3 cm³/mol. The number of benzene rings is 2. The molecule has 2 aromatic heterocycles. The van der Waals surface area contributed by atoms with Crippen molar-refractivity contribution in [3.8, 4) is 22.4 Å². The highest BCUT2D eigenvalue weighted by atomic mass is 19.4. The molecule has 2 heterocycles. The van der Waals surface area contributed by atoms with Gasteiger partial charge in [0.15, 0.2) is 5.65 Å². The third-order valence-corrected chi connectivity index (χ3v) is 4.31. The van der Waals surface area contributed by atoms with Crippen LogP contribution in [-0.4, -0.2) is 19.5 Å². The first-order valence-corrected chi connectivity index (χ1v) is 8.29. The Morgan fingerprint density at radius 2 is 1.69 bits per heavy atom. The maximum atomic E-state index is 13.7. The normalized spacial score (nSPS) is 11.7. The van der Waals surface area contributed by atoms with Gasteiger partial charge >= 0.3 is 6.18 Å². The van der Waals surface area contributed by atoms with Crippen LogP contribution in [0.1, 0.15) is 5.69 Å². The van der Waals surface area contributed by atoms with Crippen molar-refractivity contribution in [2.45, 2.75) is 6.18 Å². The van der Waals surface area contributed by atoms with Gasteiger partial charge < -0.3 is 0 Å². The molecule has 0 bridgehead atoms. The molecule has 0 amide bonds. The Bertz CT molecular complexity index is 1290. The molecule has 10 heteroatoms. The molecule has 0 spiro atoms. The maximum absolute atomic E-state index is 13.7. The van der Waals surface area contributed by atoms with Crippen molar-refractivity contribution in [2.75, 3.05) is 0 Å². The van der Waals surface area contributed by atoms with E-state index in [2.05, 4.69) is 4.98 Å². The first-order valence-electron chi connectivity index (χ1n) is 8.29. The van der Waals surface area contributed by atoms with Crippen LogP contribution in [0, 0.1) is 10.1 Å². The highest BCUT2D eigenvalue weighted by molar-refractivity contribution is 5.82. The first-order chi connectivity index (χ1) is 13.8. The summed E-state index contributed by atoms with van der Waals surface area (Å²) in [5, 5.41) is 13.1. The van der Waals surface area contributed by atoms with Gasteiger partial charge in [-0.2, -0.15) is 13.2 Å². The van der Waals surface area contributed by atoms with E-state index in [0.29, 0.717) is 10.1 Å². The molecule has 0 aliphatic rings. The minimum Gasteiger partial charge on any atom is -0.284 e. The van der Waals surface area contributed by atoms with Crippen LogP contribution in [0.4, 0.5) is 18.9 Å². The Balaban J connectivity index is 2.08. The summed E-state index contributed by atoms with van der Waals surface area (Å²) in [6.45, 7) is 0. The number of hydrogen-bond acceptors (Lipinski definition) is 4. The number of nitrogens with zero attached hydrogens (tertiary/aromatic N) is 3. The van der Waals surface area contributed by atoms with Crippen LogP contribution >= 0.6 is 0 Å². The lowest BCUT2D eigenvalue weighted by atomic mass is 10.0. The summed E-state index contributed by atoms with van der Waals surface area (Å²) < 4.78 is 41.7. The number of nitrogens with one attached hydrogen (secondary N) is 1. The van der Waals surface area contributed by atoms with Gasteiger partial charge in [0.05, 0.1) is 16.2 Å². The second-order valence-electron chi connectivity index (χ2n) is 6.17. The molecule has 7 nitrogen and oxygen atoms in total. The standard InChI is InChI=1S/C19H11F3N4O3/c20-19(21,22)17-16(12-7-4-8-13(9-12)26(28)29)18-23-14(10-15(27)25(18)24-17)11-5-2-1-3-6-11/h1-10,24H. The Morgan fingerprint density at radius 3 is 2.34 bits per heavy atom. The fourth-order valence-corrected chi connectivity index (χ4v) is 3.05. The largest absolute Gasteiger partial charge is 0.433 e. The quantitative estimate of drug-likeness (QED) is 0.410. The van der Waals surface area contributed by atoms with Crippen molar-refractivity contribution in [3.05, 3.63) is 86.8 Å². The lowest BCUT2D eigenvalue weighted by Gasteiger charge is -2.07. The molecule has 0 saturated carbocycles. The van der Waals surface area contributed by atoms with Crippen LogP contribution in [0.15, 0.2) is 65.5 Å². The Labute approximate surface area is 160 Å². The van der Waals surface area contributed by atoms with Crippen LogP contribution in [-0.2, 0) is 6.18 Å². The van der Waals surface area contributed by atoms with Gasteiger partial charge in [-0.1, -0.05) is 42.5 Å². The zero-order valence-corrected chi connectivity index (χ0v) is 14.5. The third kappa shape index (κ3) is 3.24. The monoisotopic (exact) mass is 400 g/mol. The summed E-state index contributed by atoms with van der Waals surface area (Å²) in [4.78, 5) is 27.1. The van der Waals surface area contributed by atoms with E-state index >= 15 is 0 Å². The molecule has 4 aromatic rings. The summed E-state index contributed by atoms with van der Waals surface area (Å²) in [5.41, 5.74) is -2.38. The zero-order valence-electron chi connectivity index (χ0n) is 14.5. The van der Waals surface area contributed by atoms with Crippen LogP contribution in [0.5, 0.6) is 0 Å². The average Bonchev–Trinajstić information content (AvgIpc) is 3.09. The van der Waals surface area contributed by atoms with Gasteiger partial charge in [0.1, 0.15) is 5.69 Å². The molecular weight excluding hydrogens is 389 g/mol. The molecule has 0 unspecified atom stereocenters. The minimum atomic E-state index is -4.84. The molecule has 0 fully saturated rings. The van der Waals surface area contributed by atoms with E-state index in [1.807, 2.05) is 5.10 Å². The Morgan fingerprint density at radius 1 is 1.00 bits per heavy atom. The van der Waals surface area contributed by atoms with Crippen molar-refractivity contribution >= 4 is 11.3 Å². The number of halogens is 3. The summed E-state index contributed by atoms with van der Waals surface area (Å²) in [6.07, 6.45) is -4.84. The number of aromatic nitrogens is 3. The van der Waals surface area contributed by atoms with Crippen molar-refractivity contribution in [3.63, 3.8) is 0 Å². The average molecular weight is 400 g/mol. The number of H-pyrrole nitrogens is 1. The second-order valence-corrected chi connectivity index (χ2v) is 6.17. The number of aromatic amines is 1. The molecule has 2 aromatic carbocycles. The van der Waals surface area contributed by atoms with Crippen LogP contribution < -0.4 is 5.56 Å². The number of rotatable bonds is 3. The molecule has 4 rings (SSSR count). The van der Waals surface area contributed by atoms with E-state index in [0.717, 1.165) is 12.1 Å². The maximum Gasteiger partial charge on any atom is 0.433 e. The number of fused-ring (bicyclic) bond motifs is 1. The number of non-ortho nitro benzene ring substituents is 1. The highest BCUT2D eigenvalue weighted by Crippen LogP contribution is 2.39. The van der Waals surface area contributed by atoms with Gasteiger partial charge in [-0.05, 0) is 5.56 Å². The predicted octanol–water partition coefficient (Wildman–Crippen LogP) is 4.28. The van der Waals surface area contributed by atoms with E-state index in [-0.39, 0.29) is 22.6 Å². The SMILES string of the molecule is O=c1cc(-c2ccccc2)nc2c(-c3cccc([N+](=O)[O-])c3)c(C(F)(F)F)[nH]n12. The summed E-state index contributed by atoms with van der Waals surface area (Å²) in [5.74, 6) is 0. The lowest BCUT2D eigenvalue weighted by Crippen LogP contribution is -2.15. The van der Waals surface area contributed by atoms with E-state index in [1.165, 1.54) is 18.2 Å². The number of nitro benzene ring substituents is 1. The van der Waals surface area contributed by atoms with E-state index in [9.17, 15) is 28.1 Å². The van der Waals surface area contributed by atoms with Gasteiger partial charge in [0.25, 0.3) is 11.2 Å². The molecule has 0 aliphatic carbocycles. The fourth-order valence-electron chi connectivity index (χ4n) is 3.05. The third-order valence-electron chi connectivity index (χ3n) is 4.31. The van der Waals surface area contributed by atoms with E-state index < -0.39 is 27.9 Å². The number of alkyl halides is 3. The van der Waals surface area contributed by atoms with Gasteiger partial charge in [-0.3, -0.25) is 20.0 Å². The minimum absolute atomic E-state index is 0.0811. The van der Waals surface area contributed by atoms with Crippen molar-refractivity contribution in [1.82, 2.24) is 14.6 Å². The number of nitro groups is 1. The highest BCUT2D eigenvalue weighted by Gasteiger charge is 2.38. The molecule has 1 N–H and O–H groups in total. The van der Waals surface area contributed by atoms with Gasteiger partial charge in [0.2, 0.25) is 0 Å². The summed E-state index contributed by atoms with van der Waals surface area (Å²) in [6, 6.07) is 14.4. The Kier molecular flexibility index (Phi) is 4.18. The lowest BCUT2D eigenvalue weighted by molar-refractivity contribution is -0.384. The Hall–Kier alpha value is -3.95. The van der Waals surface area contributed by atoms with Crippen molar-refractivity contribution < 1.29 is 18.1 Å². The zero-order chi connectivity index (χ0) is 20.8. The van der Waals surface area contributed by atoms with Gasteiger partial charge in [0, 0.05) is 23.8 Å². The second kappa shape index (κ2) is 6.59. The fraction of sp³-hybridized carbons (Fsp3) is 0.0526. The molecular formula is C19H11F3N4O3. The summed E-state index contributed by atoms with van der Waals surface area (Å²) >= 11 is 0. The van der Waals surface area contributed by atoms with Crippen molar-refractivity contribution in [1.29, 1.82) is 0 Å². The first kappa shape index (κ1) is 18.4. The summed E-state index contributed by atoms with van der Waals surface area (Å²) in [7, 11) is 0. The van der Waals surface area contributed by atoms with E-state index in [1.54, 1.807) is 30.3 Å². The van der Waals surface area contributed by atoms with Crippen LogP contribution in [0.2, 0.25) is 0 Å². The van der Waals surface area contributed by atoms with Crippen LogP contribution in [0.3, 0.4) is 0 Å². The van der Waals surface area contributed by atoms with Crippen molar-refractivity contribution in [2.24, 2.45) is 0 Å². The molecule has 0 aliphatic heterocycles. The molecule has 29 heavy (non-hydrogen) atoms.